The van der Waals surface area contributed by atoms with E-state index >= 15 is 0 Å². The number of hydrogen-bond donors (Lipinski definition) is 2. The van der Waals surface area contributed by atoms with Gasteiger partial charge in [0.1, 0.15) is 16.8 Å². The number of aryl methyl sites for hydroxylation is 1. The summed E-state index contributed by atoms with van der Waals surface area (Å²) in [6, 6.07) is 14.4. The summed E-state index contributed by atoms with van der Waals surface area (Å²) in [7, 11) is 1.58. The SMILES string of the molecule is COc1ccc(-n2[nH]c3[nH]c(C)c(Cc4cccc(Cl)c4)c(=O)c3c2=O)cc1. The molecule has 0 aliphatic carbocycles. The Hall–Kier alpha value is -3.25. The van der Waals surface area contributed by atoms with Gasteiger partial charge in [-0.3, -0.25) is 14.7 Å². The first-order valence-corrected chi connectivity index (χ1v) is 9.11. The Bertz CT molecular complexity index is 1280. The number of ether oxygens (including phenoxy) is 1. The van der Waals surface area contributed by atoms with Crippen molar-refractivity contribution in [2.45, 2.75) is 13.3 Å². The molecule has 0 spiro atoms. The van der Waals surface area contributed by atoms with Crippen LogP contribution >= 0.6 is 11.6 Å². The highest BCUT2D eigenvalue weighted by Gasteiger charge is 2.17. The topological polar surface area (TPSA) is 79.9 Å². The van der Waals surface area contributed by atoms with Crippen LogP contribution in [0.25, 0.3) is 16.7 Å². The lowest BCUT2D eigenvalue weighted by molar-refractivity contribution is 0.414. The van der Waals surface area contributed by atoms with Gasteiger partial charge in [0.25, 0.3) is 5.56 Å². The van der Waals surface area contributed by atoms with E-state index in [-0.39, 0.29) is 10.8 Å². The number of halogens is 1. The van der Waals surface area contributed by atoms with Gasteiger partial charge in [-0.2, -0.15) is 0 Å². The van der Waals surface area contributed by atoms with Crippen molar-refractivity contribution in [3.8, 4) is 11.4 Å². The number of fused-ring (bicyclic) bond motifs is 1. The van der Waals surface area contributed by atoms with Crippen LogP contribution in [0.2, 0.25) is 5.02 Å². The average molecular weight is 396 g/mol. The summed E-state index contributed by atoms with van der Waals surface area (Å²) in [5.41, 5.74) is 2.51. The molecule has 2 N–H and O–H groups in total. The van der Waals surface area contributed by atoms with Gasteiger partial charge in [0.15, 0.2) is 5.43 Å². The summed E-state index contributed by atoms with van der Waals surface area (Å²) < 4.78 is 6.50. The van der Waals surface area contributed by atoms with E-state index in [0.717, 1.165) is 5.56 Å². The zero-order valence-electron chi connectivity index (χ0n) is 15.4. The van der Waals surface area contributed by atoms with Crippen LogP contribution < -0.4 is 15.7 Å². The number of H-pyrrole nitrogens is 2. The normalized spacial score (nSPS) is 11.1. The van der Waals surface area contributed by atoms with Gasteiger partial charge in [-0.25, -0.2) is 4.68 Å². The summed E-state index contributed by atoms with van der Waals surface area (Å²) in [5.74, 6) is 0.684. The number of pyridine rings is 1. The van der Waals surface area contributed by atoms with Gasteiger partial charge in [-0.05, 0) is 48.9 Å². The van der Waals surface area contributed by atoms with Gasteiger partial charge >= 0.3 is 0 Å². The molecule has 0 unspecified atom stereocenters. The van der Waals surface area contributed by atoms with E-state index in [0.29, 0.717) is 39.8 Å². The molecule has 28 heavy (non-hydrogen) atoms. The van der Waals surface area contributed by atoms with Crippen LogP contribution in [-0.2, 0) is 6.42 Å². The maximum absolute atomic E-state index is 13.1. The molecule has 0 fully saturated rings. The van der Waals surface area contributed by atoms with Crippen LogP contribution in [0.4, 0.5) is 0 Å². The lowest BCUT2D eigenvalue weighted by Gasteiger charge is -2.06. The number of nitrogens with one attached hydrogen (secondary N) is 2. The van der Waals surface area contributed by atoms with E-state index in [1.165, 1.54) is 4.68 Å². The van der Waals surface area contributed by atoms with E-state index in [2.05, 4.69) is 10.1 Å². The van der Waals surface area contributed by atoms with E-state index in [9.17, 15) is 9.59 Å². The third kappa shape index (κ3) is 3.12. The number of aromatic nitrogens is 3. The van der Waals surface area contributed by atoms with E-state index in [1.54, 1.807) is 37.4 Å². The first-order chi connectivity index (χ1) is 13.5. The minimum absolute atomic E-state index is 0.110. The number of nitrogens with zero attached hydrogens (tertiary/aromatic N) is 1. The molecule has 0 radical (unpaired) electrons. The fourth-order valence-electron chi connectivity index (χ4n) is 3.30. The number of methoxy groups -OCH3 is 1. The molecular weight excluding hydrogens is 378 g/mol. The number of hydrogen-bond acceptors (Lipinski definition) is 3. The highest BCUT2D eigenvalue weighted by molar-refractivity contribution is 6.30. The fraction of sp³-hybridized carbons (Fsp3) is 0.143. The lowest BCUT2D eigenvalue weighted by Crippen LogP contribution is -2.21. The third-order valence-electron chi connectivity index (χ3n) is 4.76. The Balaban J connectivity index is 1.85. The predicted molar refractivity (Wildman–Crippen MR) is 110 cm³/mol. The molecule has 0 atom stereocenters. The molecule has 142 valence electrons. The van der Waals surface area contributed by atoms with Gasteiger partial charge in [0, 0.05) is 22.7 Å². The summed E-state index contributed by atoms with van der Waals surface area (Å²) in [6.07, 6.45) is 0.394. The summed E-state index contributed by atoms with van der Waals surface area (Å²) in [4.78, 5) is 29.2. The Morgan fingerprint density at radius 2 is 1.86 bits per heavy atom. The molecule has 0 saturated carbocycles. The largest absolute Gasteiger partial charge is 0.497 e. The van der Waals surface area contributed by atoms with Crippen LogP contribution in [-0.4, -0.2) is 21.9 Å². The molecule has 0 amide bonds. The van der Waals surface area contributed by atoms with Gasteiger partial charge in [0.05, 0.1) is 12.8 Å². The highest BCUT2D eigenvalue weighted by atomic mass is 35.5. The van der Waals surface area contributed by atoms with Crippen LogP contribution in [0.5, 0.6) is 5.75 Å². The standard InChI is InChI=1S/C21H18ClN3O3/c1-12-17(11-13-4-3-5-14(22)10-13)19(26)18-20(23-12)24-25(21(18)27)15-6-8-16(28-2)9-7-15/h3-10H,11H2,1-2H3,(H2,23,24,26). The molecule has 0 aliphatic rings. The van der Waals surface area contributed by atoms with Crippen molar-refractivity contribution in [2.75, 3.05) is 7.11 Å². The molecule has 7 heteroatoms. The van der Waals surface area contributed by atoms with Crippen molar-refractivity contribution in [3.05, 3.63) is 91.0 Å². The molecule has 2 aromatic heterocycles. The van der Waals surface area contributed by atoms with Gasteiger partial charge in [-0.1, -0.05) is 23.7 Å². The van der Waals surface area contributed by atoms with Gasteiger partial charge < -0.3 is 9.72 Å². The Labute approximate surface area is 165 Å². The first-order valence-electron chi connectivity index (χ1n) is 8.73. The molecule has 2 aromatic carbocycles. The summed E-state index contributed by atoms with van der Waals surface area (Å²) in [6.45, 7) is 1.82. The number of aromatic amines is 2. The highest BCUT2D eigenvalue weighted by Crippen LogP contribution is 2.17. The smallest absolute Gasteiger partial charge is 0.284 e. The monoisotopic (exact) mass is 395 g/mol. The second-order valence-corrected chi connectivity index (χ2v) is 7.00. The number of benzene rings is 2. The summed E-state index contributed by atoms with van der Waals surface area (Å²) in [5, 5.41) is 3.70. The van der Waals surface area contributed by atoms with Crippen molar-refractivity contribution in [3.63, 3.8) is 0 Å². The zero-order chi connectivity index (χ0) is 19.8. The maximum atomic E-state index is 13.1. The minimum Gasteiger partial charge on any atom is -0.497 e. The van der Waals surface area contributed by atoms with E-state index in [4.69, 9.17) is 16.3 Å². The van der Waals surface area contributed by atoms with Crippen molar-refractivity contribution in [1.82, 2.24) is 14.8 Å². The van der Waals surface area contributed by atoms with E-state index in [1.807, 2.05) is 25.1 Å². The molecule has 4 rings (SSSR count). The van der Waals surface area contributed by atoms with Crippen molar-refractivity contribution >= 4 is 22.6 Å². The minimum atomic E-state index is -0.395. The summed E-state index contributed by atoms with van der Waals surface area (Å²) >= 11 is 6.05. The second kappa shape index (κ2) is 7.05. The predicted octanol–water partition coefficient (Wildman–Crippen LogP) is 3.57. The van der Waals surface area contributed by atoms with Crippen molar-refractivity contribution in [1.29, 1.82) is 0 Å². The van der Waals surface area contributed by atoms with Crippen molar-refractivity contribution in [2.24, 2.45) is 0 Å². The fourth-order valence-corrected chi connectivity index (χ4v) is 3.51. The maximum Gasteiger partial charge on any atom is 0.284 e. The molecule has 0 aliphatic heterocycles. The lowest BCUT2D eigenvalue weighted by atomic mass is 10.0. The van der Waals surface area contributed by atoms with Crippen LogP contribution in [0.1, 0.15) is 16.8 Å². The quantitative estimate of drug-likeness (QED) is 0.554. The molecule has 4 aromatic rings. The Kier molecular flexibility index (Phi) is 4.57. The Morgan fingerprint density at radius 3 is 2.54 bits per heavy atom. The van der Waals surface area contributed by atoms with Gasteiger partial charge in [-0.15, -0.1) is 0 Å². The van der Waals surface area contributed by atoms with Gasteiger partial charge in [0.2, 0.25) is 0 Å². The molecule has 0 saturated heterocycles. The average Bonchev–Trinajstić information content (AvgIpc) is 3.01. The van der Waals surface area contributed by atoms with Crippen LogP contribution in [0, 0.1) is 6.92 Å². The number of rotatable bonds is 4. The first kappa shape index (κ1) is 18.1. The zero-order valence-corrected chi connectivity index (χ0v) is 16.1. The van der Waals surface area contributed by atoms with Crippen LogP contribution in [0.3, 0.4) is 0 Å². The van der Waals surface area contributed by atoms with Crippen molar-refractivity contribution < 1.29 is 4.74 Å². The molecule has 6 nitrogen and oxygen atoms in total. The molecule has 0 bridgehead atoms. The van der Waals surface area contributed by atoms with Crippen LogP contribution in [0.15, 0.2) is 58.1 Å². The Morgan fingerprint density at radius 1 is 1.11 bits per heavy atom. The van der Waals surface area contributed by atoms with E-state index < -0.39 is 5.56 Å². The molecule has 2 heterocycles. The second-order valence-electron chi connectivity index (χ2n) is 6.56. The third-order valence-corrected chi connectivity index (χ3v) is 4.99. The molecular formula is C21H18ClN3O3.